The van der Waals surface area contributed by atoms with Crippen LogP contribution in [0.4, 0.5) is 4.39 Å². The second-order valence-electron chi connectivity index (χ2n) is 8.25. The maximum atomic E-state index is 14.4. The molecule has 3 rings (SSSR count). The number of nitrogens with zero attached hydrogens (tertiary/aromatic N) is 1. The Bertz CT molecular complexity index is 1050. The molecule has 1 atom stereocenters. The van der Waals surface area contributed by atoms with Gasteiger partial charge in [0.15, 0.2) is 0 Å². The van der Waals surface area contributed by atoms with Crippen LogP contribution in [-0.4, -0.2) is 28.8 Å². The minimum absolute atomic E-state index is 0.0922. The highest BCUT2D eigenvalue weighted by Gasteiger charge is 2.31. The SMILES string of the molecule is CC(C)NC(=O)C(Cc1ccccc1)N(Cc1ccccc1)C(=O)Cc1c(F)cccc1Cl. The van der Waals surface area contributed by atoms with Crippen molar-refractivity contribution in [1.82, 2.24) is 10.2 Å². The minimum atomic E-state index is -0.770. The van der Waals surface area contributed by atoms with Gasteiger partial charge in [0.1, 0.15) is 11.9 Å². The van der Waals surface area contributed by atoms with Crippen molar-refractivity contribution in [2.75, 3.05) is 0 Å². The van der Waals surface area contributed by atoms with Crippen molar-refractivity contribution in [2.45, 2.75) is 45.3 Å². The van der Waals surface area contributed by atoms with Gasteiger partial charge >= 0.3 is 0 Å². The molecule has 1 N–H and O–H groups in total. The van der Waals surface area contributed by atoms with Crippen LogP contribution in [0.5, 0.6) is 0 Å². The molecule has 0 radical (unpaired) electrons. The predicted octanol–water partition coefficient (Wildman–Crippen LogP) is 5.19. The van der Waals surface area contributed by atoms with Gasteiger partial charge in [-0.1, -0.05) is 78.3 Å². The van der Waals surface area contributed by atoms with Gasteiger partial charge in [-0.3, -0.25) is 9.59 Å². The summed E-state index contributed by atoms with van der Waals surface area (Å²) < 4.78 is 14.4. The molecule has 0 fully saturated rings. The highest BCUT2D eigenvalue weighted by atomic mass is 35.5. The fourth-order valence-corrected chi connectivity index (χ4v) is 3.90. The molecule has 4 nitrogen and oxygen atoms in total. The van der Waals surface area contributed by atoms with Gasteiger partial charge in [0.25, 0.3) is 0 Å². The number of nitrogens with one attached hydrogen (secondary N) is 1. The van der Waals surface area contributed by atoms with E-state index in [0.717, 1.165) is 11.1 Å². The zero-order valence-corrected chi connectivity index (χ0v) is 19.6. The summed E-state index contributed by atoms with van der Waals surface area (Å²) in [5, 5.41) is 3.13. The van der Waals surface area contributed by atoms with E-state index in [9.17, 15) is 14.0 Å². The smallest absolute Gasteiger partial charge is 0.243 e. The summed E-state index contributed by atoms with van der Waals surface area (Å²) in [7, 11) is 0. The first-order valence-electron chi connectivity index (χ1n) is 11.0. The van der Waals surface area contributed by atoms with Crippen molar-refractivity contribution >= 4 is 23.4 Å². The van der Waals surface area contributed by atoms with Crippen molar-refractivity contribution in [3.8, 4) is 0 Å². The molecule has 0 saturated carbocycles. The Morgan fingerprint density at radius 1 is 0.909 bits per heavy atom. The van der Waals surface area contributed by atoms with Crippen molar-refractivity contribution < 1.29 is 14.0 Å². The summed E-state index contributed by atoms with van der Waals surface area (Å²) in [6, 6.07) is 22.5. The van der Waals surface area contributed by atoms with Crippen LogP contribution in [0, 0.1) is 5.82 Å². The summed E-state index contributed by atoms with van der Waals surface area (Å²) >= 11 is 6.19. The number of hydrogen-bond acceptors (Lipinski definition) is 2. The van der Waals surface area contributed by atoms with Gasteiger partial charge in [0.2, 0.25) is 11.8 Å². The van der Waals surface area contributed by atoms with E-state index in [1.165, 1.54) is 17.0 Å². The van der Waals surface area contributed by atoms with E-state index in [2.05, 4.69) is 5.32 Å². The molecular formula is C27H28ClFN2O2. The molecule has 0 saturated heterocycles. The molecule has 3 aromatic rings. The number of benzene rings is 3. The van der Waals surface area contributed by atoms with E-state index in [1.807, 2.05) is 74.5 Å². The molecule has 0 aliphatic heterocycles. The van der Waals surface area contributed by atoms with Crippen molar-refractivity contribution in [3.05, 3.63) is 106 Å². The van der Waals surface area contributed by atoms with Crippen molar-refractivity contribution in [2.24, 2.45) is 0 Å². The van der Waals surface area contributed by atoms with E-state index in [1.54, 1.807) is 6.07 Å². The Balaban J connectivity index is 1.99. The first kappa shape index (κ1) is 24.5. The lowest BCUT2D eigenvalue weighted by molar-refractivity contribution is -0.141. The quantitative estimate of drug-likeness (QED) is 0.472. The highest BCUT2D eigenvalue weighted by molar-refractivity contribution is 6.31. The zero-order chi connectivity index (χ0) is 23.8. The lowest BCUT2D eigenvalue weighted by Crippen LogP contribution is -2.52. The molecule has 0 bridgehead atoms. The molecule has 2 amide bonds. The molecule has 1 unspecified atom stereocenters. The maximum Gasteiger partial charge on any atom is 0.243 e. The van der Waals surface area contributed by atoms with E-state index in [-0.39, 0.29) is 41.4 Å². The number of carbonyl (C=O) groups excluding carboxylic acids is 2. The average Bonchev–Trinajstić information content (AvgIpc) is 2.79. The minimum Gasteiger partial charge on any atom is -0.352 e. The third-order valence-corrected chi connectivity index (χ3v) is 5.64. The van der Waals surface area contributed by atoms with E-state index < -0.39 is 11.9 Å². The van der Waals surface area contributed by atoms with Gasteiger partial charge in [-0.25, -0.2) is 4.39 Å². The predicted molar refractivity (Wildman–Crippen MR) is 129 cm³/mol. The standard InChI is InChI=1S/C27H28ClFN2O2/c1-19(2)30-27(33)25(16-20-10-5-3-6-11-20)31(18-21-12-7-4-8-13-21)26(32)17-22-23(28)14-9-15-24(22)29/h3-15,19,25H,16-18H2,1-2H3,(H,30,33). The summed E-state index contributed by atoms with van der Waals surface area (Å²) in [6.45, 7) is 3.97. The Kier molecular flexibility index (Phi) is 8.61. The fraction of sp³-hybridized carbons (Fsp3) is 0.259. The van der Waals surface area contributed by atoms with Crippen LogP contribution in [0.3, 0.4) is 0 Å². The first-order chi connectivity index (χ1) is 15.8. The van der Waals surface area contributed by atoms with Crippen LogP contribution in [0.25, 0.3) is 0 Å². The monoisotopic (exact) mass is 466 g/mol. The van der Waals surface area contributed by atoms with Crippen LogP contribution in [0.1, 0.15) is 30.5 Å². The van der Waals surface area contributed by atoms with Crippen molar-refractivity contribution in [3.63, 3.8) is 0 Å². The largest absolute Gasteiger partial charge is 0.352 e. The third-order valence-electron chi connectivity index (χ3n) is 5.29. The maximum absolute atomic E-state index is 14.4. The molecule has 6 heteroatoms. The van der Waals surface area contributed by atoms with E-state index >= 15 is 0 Å². The molecule has 0 aliphatic carbocycles. The number of halogens is 2. The average molecular weight is 467 g/mol. The Morgan fingerprint density at radius 3 is 2.09 bits per heavy atom. The molecule has 3 aromatic carbocycles. The number of amides is 2. The van der Waals surface area contributed by atoms with Crippen LogP contribution in [0.2, 0.25) is 5.02 Å². The second kappa shape index (κ2) is 11.6. The summed E-state index contributed by atoms with van der Waals surface area (Å²) in [5.74, 6) is -1.16. The summed E-state index contributed by atoms with van der Waals surface area (Å²) in [4.78, 5) is 28.4. The molecule has 0 heterocycles. The van der Waals surface area contributed by atoms with Gasteiger partial charge in [-0.15, -0.1) is 0 Å². The number of rotatable bonds is 9. The lowest BCUT2D eigenvalue weighted by Gasteiger charge is -2.32. The summed E-state index contributed by atoms with van der Waals surface area (Å²) in [5.41, 5.74) is 1.93. The third kappa shape index (κ3) is 6.90. The molecule has 0 spiro atoms. The van der Waals surface area contributed by atoms with Gasteiger partial charge < -0.3 is 10.2 Å². The van der Waals surface area contributed by atoms with Crippen LogP contribution >= 0.6 is 11.6 Å². The van der Waals surface area contributed by atoms with E-state index in [0.29, 0.717) is 6.42 Å². The van der Waals surface area contributed by atoms with Crippen LogP contribution in [-0.2, 0) is 29.0 Å². The van der Waals surface area contributed by atoms with Crippen LogP contribution < -0.4 is 5.32 Å². The number of hydrogen-bond donors (Lipinski definition) is 1. The Morgan fingerprint density at radius 2 is 1.52 bits per heavy atom. The Hall–Kier alpha value is -3.18. The molecule has 172 valence electrons. The second-order valence-corrected chi connectivity index (χ2v) is 8.66. The van der Waals surface area contributed by atoms with Gasteiger partial charge in [0, 0.05) is 29.6 Å². The van der Waals surface area contributed by atoms with E-state index in [4.69, 9.17) is 11.6 Å². The molecule has 0 aliphatic rings. The van der Waals surface area contributed by atoms with Gasteiger partial charge in [-0.05, 0) is 37.1 Å². The lowest BCUT2D eigenvalue weighted by atomic mass is 10.0. The van der Waals surface area contributed by atoms with Crippen molar-refractivity contribution in [1.29, 1.82) is 0 Å². The first-order valence-corrected chi connectivity index (χ1v) is 11.3. The molecule has 0 aromatic heterocycles. The molecule has 33 heavy (non-hydrogen) atoms. The van der Waals surface area contributed by atoms with Gasteiger partial charge in [0.05, 0.1) is 6.42 Å². The topological polar surface area (TPSA) is 49.4 Å². The zero-order valence-electron chi connectivity index (χ0n) is 18.8. The highest BCUT2D eigenvalue weighted by Crippen LogP contribution is 2.22. The fourth-order valence-electron chi connectivity index (χ4n) is 3.67. The summed E-state index contributed by atoms with van der Waals surface area (Å²) in [6.07, 6.45) is 0.0988. The number of carbonyl (C=O) groups is 2. The normalized spacial score (nSPS) is 11.8. The van der Waals surface area contributed by atoms with Gasteiger partial charge in [-0.2, -0.15) is 0 Å². The van der Waals surface area contributed by atoms with Crippen LogP contribution in [0.15, 0.2) is 78.9 Å². The molecular weight excluding hydrogens is 439 g/mol. The Labute approximate surface area is 199 Å².